The van der Waals surface area contributed by atoms with Gasteiger partial charge >= 0.3 is 0 Å². The molecule has 0 saturated carbocycles. The van der Waals surface area contributed by atoms with Crippen LogP contribution in [-0.4, -0.2) is 15.8 Å². The molecular formula is C15H12N4S. The van der Waals surface area contributed by atoms with Gasteiger partial charge < -0.3 is 5.73 Å². The van der Waals surface area contributed by atoms with Crippen molar-refractivity contribution in [3.8, 4) is 0 Å². The zero-order chi connectivity index (χ0) is 13.9. The van der Waals surface area contributed by atoms with Gasteiger partial charge in [0, 0.05) is 17.3 Å². The van der Waals surface area contributed by atoms with Crippen molar-refractivity contribution >= 4 is 28.4 Å². The fourth-order valence-corrected chi connectivity index (χ4v) is 2.85. The highest BCUT2D eigenvalue weighted by Gasteiger charge is 2.09. The Hall–Kier alpha value is -2.40. The van der Waals surface area contributed by atoms with Crippen LogP contribution in [0, 0.1) is 5.41 Å². The summed E-state index contributed by atoms with van der Waals surface area (Å²) in [6.45, 7) is 0. The molecule has 0 radical (unpaired) electrons. The molecule has 98 valence electrons. The Bertz CT molecular complexity index is 785. The number of rotatable bonds is 3. The van der Waals surface area contributed by atoms with Gasteiger partial charge in [0.05, 0.1) is 0 Å². The summed E-state index contributed by atoms with van der Waals surface area (Å²) in [4.78, 5) is 9.41. The lowest BCUT2D eigenvalue weighted by molar-refractivity contribution is 1.03. The molecule has 0 fully saturated rings. The van der Waals surface area contributed by atoms with E-state index in [-0.39, 0.29) is 5.84 Å². The number of nitrogen functional groups attached to an aromatic ring is 1. The summed E-state index contributed by atoms with van der Waals surface area (Å²) in [5.41, 5.74) is 5.95. The summed E-state index contributed by atoms with van der Waals surface area (Å²) in [5, 5.41) is 10.6. The number of nitrogens with zero attached hydrogens (tertiary/aromatic N) is 2. The highest BCUT2D eigenvalue weighted by atomic mass is 32.2. The maximum atomic E-state index is 7.54. The first-order valence-corrected chi connectivity index (χ1v) is 6.88. The van der Waals surface area contributed by atoms with Crippen LogP contribution in [0.4, 0.5) is 0 Å². The molecule has 0 bridgehead atoms. The van der Waals surface area contributed by atoms with E-state index in [0.29, 0.717) is 10.7 Å². The third kappa shape index (κ3) is 2.48. The number of nitrogens with two attached hydrogens (primary N) is 1. The van der Waals surface area contributed by atoms with Crippen LogP contribution in [0.25, 0.3) is 10.8 Å². The lowest BCUT2D eigenvalue weighted by atomic mass is 10.1. The number of benzene rings is 2. The van der Waals surface area contributed by atoms with Gasteiger partial charge in [-0.3, -0.25) is 5.41 Å². The van der Waals surface area contributed by atoms with E-state index in [1.54, 1.807) is 12.4 Å². The van der Waals surface area contributed by atoms with Crippen LogP contribution in [-0.2, 0) is 0 Å². The molecule has 0 aliphatic rings. The molecule has 0 saturated heterocycles. The Morgan fingerprint density at radius 1 is 1.00 bits per heavy atom. The van der Waals surface area contributed by atoms with Crippen LogP contribution >= 0.6 is 11.8 Å². The van der Waals surface area contributed by atoms with E-state index in [1.165, 1.54) is 22.5 Å². The molecule has 0 aliphatic carbocycles. The van der Waals surface area contributed by atoms with Crippen LogP contribution in [0.2, 0.25) is 0 Å². The molecule has 1 aromatic heterocycles. The highest BCUT2D eigenvalue weighted by molar-refractivity contribution is 7.99. The summed E-state index contributed by atoms with van der Waals surface area (Å²) in [6, 6.07) is 14.4. The summed E-state index contributed by atoms with van der Waals surface area (Å²) >= 11 is 1.46. The SMILES string of the molecule is N=C(N)c1nccnc1Sc1ccc2ccccc2c1. The van der Waals surface area contributed by atoms with Crippen molar-refractivity contribution < 1.29 is 0 Å². The van der Waals surface area contributed by atoms with Crippen molar-refractivity contribution in [3.05, 3.63) is 60.6 Å². The quantitative estimate of drug-likeness (QED) is 0.571. The van der Waals surface area contributed by atoms with Gasteiger partial charge in [0.1, 0.15) is 16.6 Å². The Morgan fingerprint density at radius 2 is 1.75 bits per heavy atom. The number of fused-ring (bicyclic) bond motifs is 1. The molecular weight excluding hydrogens is 268 g/mol. The summed E-state index contributed by atoms with van der Waals surface area (Å²) in [7, 11) is 0. The first-order chi connectivity index (χ1) is 9.74. The smallest absolute Gasteiger partial charge is 0.144 e. The van der Waals surface area contributed by atoms with E-state index in [1.807, 2.05) is 18.2 Å². The van der Waals surface area contributed by atoms with E-state index in [9.17, 15) is 0 Å². The standard InChI is InChI=1S/C15H12N4S/c16-14(17)13-15(19-8-7-18-13)20-12-6-5-10-3-1-2-4-11(10)9-12/h1-9H,(H3,16,17). The molecule has 0 atom stereocenters. The topological polar surface area (TPSA) is 75.7 Å². The minimum absolute atomic E-state index is 0.0682. The van der Waals surface area contributed by atoms with Crippen LogP contribution < -0.4 is 5.73 Å². The monoisotopic (exact) mass is 280 g/mol. The van der Waals surface area contributed by atoms with Crippen molar-refractivity contribution in [2.45, 2.75) is 9.92 Å². The summed E-state index contributed by atoms with van der Waals surface area (Å²) in [5.74, 6) is -0.0682. The van der Waals surface area contributed by atoms with Gasteiger partial charge in [-0.25, -0.2) is 9.97 Å². The zero-order valence-corrected chi connectivity index (χ0v) is 11.4. The summed E-state index contributed by atoms with van der Waals surface area (Å²) < 4.78 is 0. The number of nitrogens with one attached hydrogen (secondary N) is 1. The lowest BCUT2D eigenvalue weighted by Crippen LogP contribution is -2.14. The number of aromatic nitrogens is 2. The second-order valence-electron chi connectivity index (χ2n) is 4.23. The van der Waals surface area contributed by atoms with Crippen LogP contribution in [0.3, 0.4) is 0 Å². The highest BCUT2D eigenvalue weighted by Crippen LogP contribution is 2.30. The molecule has 0 unspecified atom stereocenters. The van der Waals surface area contributed by atoms with E-state index in [4.69, 9.17) is 11.1 Å². The third-order valence-electron chi connectivity index (χ3n) is 2.86. The Labute approximate surface area is 120 Å². The van der Waals surface area contributed by atoms with Crippen LogP contribution in [0.5, 0.6) is 0 Å². The van der Waals surface area contributed by atoms with E-state index in [0.717, 1.165) is 4.90 Å². The van der Waals surface area contributed by atoms with Crippen molar-refractivity contribution in [1.82, 2.24) is 9.97 Å². The fourth-order valence-electron chi connectivity index (χ4n) is 1.93. The normalized spacial score (nSPS) is 10.6. The largest absolute Gasteiger partial charge is 0.382 e. The van der Waals surface area contributed by atoms with Gasteiger partial charge in [-0.1, -0.05) is 42.1 Å². The molecule has 2 aromatic carbocycles. The second kappa shape index (κ2) is 5.30. The van der Waals surface area contributed by atoms with Crippen molar-refractivity contribution in [1.29, 1.82) is 5.41 Å². The van der Waals surface area contributed by atoms with Gasteiger partial charge in [-0.2, -0.15) is 0 Å². The summed E-state index contributed by atoms with van der Waals surface area (Å²) in [6.07, 6.45) is 3.15. The zero-order valence-electron chi connectivity index (χ0n) is 10.6. The van der Waals surface area contributed by atoms with Gasteiger partial charge in [0.2, 0.25) is 0 Å². The molecule has 3 rings (SSSR count). The lowest BCUT2D eigenvalue weighted by Gasteiger charge is -2.06. The predicted octanol–water partition coefficient (Wildman–Crippen LogP) is 3.07. The molecule has 1 heterocycles. The van der Waals surface area contributed by atoms with Crippen molar-refractivity contribution in [2.75, 3.05) is 0 Å². The van der Waals surface area contributed by atoms with Crippen molar-refractivity contribution in [3.63, 3.8) is 0 Å². The Balaban J connectivity index is 1.99. The van der Waals surface area contributed by atoms with Crippen LogP contribution in [0.1, 0.15) is 5.69 Å². The molecule has 3 N–H and O–H groups in total. The Morgan fingerprint density at radius 3 is 2.55 bits per heavy atom. The molecule has 4 nitrogen and oxygen atoms in total. The van der Waals surface area contributed by atoms with Crippen molar-refractivity contribution in [2.24, 2.45) is 5.73 Å². The van der Waals surface area contributed by atoms with Gasteiger partial charge in [-0.15, -0.1) is 0 Å². The second-order valence-corrected chi connectivity index (χ2v) is 5.30. The van der Waals surface area contributed by atoms with E-state index in [2.05, 4.69) is 34.2 Å². The minimum atomic E-state index is -0.0682. The molecule has 20 heavy (non-hydrogen) atoms. The molecule has 3 aromatic rings. The van der Waals surface area contributed by atoms with Gasteiger partial charge in [0.25, 0.3) is 0 Å². The maximum absolute atomic E-state index is 7.54. The molecule has 5 heteroatoms. The maximum Gasteiger partial charge on any atom is 0.144 e. The number of hydrogen-bond donors (Lipinski definition) is 2. The van der Waals surface area contributed by atoms with Gasteiger partial charge in [-0.05, 0) is 22.9 Å². The Kier molecular flexibility index (Phi) is 3.35. The van der Waals surface area contributed by atoms with E-state index < -0.39 is 0 Å². The number of hydrogen-bond acceptors (Lipinski definition) is 4. The number of amidine groups is 1. The fraction of sp³-hybridized carbons (Fsp3) is 0. The third-order valence-corrected chi connectivity index (χ3v) is 3.84. The first kappa shape index (κ1) is 12.6. The predicted molar refractivity (Wildman–Crippen MR) is 81.1 cm³/mol. The molecule has 0 amide bonds. The first-order valence-electron chi connectivity index (χ1n) is 6.06. The molecule has 0 aliphatic heterocycles. The average Bonchev–Trinajstić information content (AvgIpc) is 2.47. The van der Waals surface area contributed by atoms with Crippen LogP contribution in [0.15, 0.2) is 64.8 Å². The molecule has 0 spiro atoms. The average molecular weight is 280 g/mol. The van der Waals surface area contributed by atoms with Gasteiger partial charge in [0.15, 0.2) is 0 Å². The minimum Gasteiger partial charge on any atom is -0.382 e. The van der Waals surface area contributed by atoms with E-state index >= 15 is 0 Å².